The predicted molar refractivity (Wildman–Crippen MR) is 75.8 cm³/mol. The number of benzene rings is 1. The topological polar surface area (TPSA) is 55.3 Å². The summed E-state index contributed by atoms with van der Waals surface area (Å²) in [5, 5.41) is 0. The first-order valence-corrected chi connectivity index (χ1v) is 6.95. The quantitative estimate of drug-likeness (QED) is 0.920. The Balaban J connectivity index is 1.77. The Labute approximate surface area is 113 Å². The van der Waals surface area contributed by atoms with E-state index in [1.165, 1.54) is 18.4 Å². The van der Waals surface area contributed by atoms with Crippen LogP contribution in [-0.2, 0) is 6.54 Å². The van der Waals surface area contributed by atoms with Gasteiger partial charge in [0.1, 0.15) is 5.52 Å². The van der Waals surface area contributed by atoms with E-state index in [-0.39, 0.29) is 0 Å². The number of nitrogens with zero attached hydrogens (tertiary/aromatic N) is 2. The molecule has 2 atom stereocenters. The molecule has 3 rings (SSSR count). The monoisotopic (exact) mass is 259 g/mol. The van der Waals surface area contributed by atoms with Crippen LogP contribution in [-0.4, -0.2) is 29.0 Å². The Hall–Kier alpha value is -1.39. The minimum Gasteiger partial charge on any atom is -0.441 e. The van der Waals surface area contributed by atoms with Crippen molar-refractivity contribution in [1.29, 1.82) is 0 Å². The van der Waals surface area contributed by atoms with Gasteiger partial charge in [0.05, 0.1) is 0 Å². The van der Waals surface area contributed by atoms with Gasteiger partial charge in [-0.3, -0.25) is 4.90 Å². The van der Waals surface area contributed by atoms with Crippen molar-refractivity contribution >= 4 is 11.1 Å². The lowest BCUT2D eigenvalue weighted by atomic mass is 10.1. The molecule has 0 bridgehead atoms. The summed E-state index contributed by atoms with van der Waals surface area (Å²) >= 11 is 0. The van der Waals surface area contributed by atoms with Gasteiger partial charge >= 0.3 is 0 Å². The molecule has 0 amide bonds. The predicted octanol–water partition coefficient (Wildman–Crippen LogP) is 2.45. The number of aryl methyl sites for hydroxylation is 1. The average Bonchev–Trinajstić information content (AvgIpc) is 2.93. The summed E-state index contributed by atoms with van der Waals surface area (Å²) < 4.78 is 5.58. The van der Waals surface area contributed by atoms with Crippen LogP contribution < -0.4 is 5.73 Å². The number of rotatable bonds is 3. The van der Waals surface area contributed by atoms with Gasteiger partial charge in [-0.05, 0) is 37.6 Å². The van der Waals surface area contributed by atoms with E-state index >= 15 is 0 Å². The maximum absolute atomic E-state index is 6.16. The number of fused-ring (bicyclic) bond motifs is 1. The maximum Gasteiger partial charge on any atom is 0.192 e. The van der Waals surface area contributed by atoms with Crippen LogP contribution in [0.5, 0.6) is 0 Å². The van der Waals surface area contributed by atoms with Crippen LogP contribution in [0.25, 0.3) is 11.1 Å². The summed E-state index contributed by atoms with van der Waals surface area (Å²) in [6.07, 6.45) is 3.60. The highest BCUT2D eigenvalue weighted by Gasteiger charge is 2.27. The third-order valence-corrected chi connectivity index (χ3v) is 4.09. The van der Waals surface area contributed by atoms with Gasteiger partial charge in [-0.2, -0.15) is 0 Å². The SMILES string of the molecule is Cc1nc2ccc(CN(C)C3CCCC3N)cc2o1. The van der Waals surface area contributed by atoms with Gasteiger partial charge in [0.15, 0.2) is 11.5 Å². The van der Waals surface area contributed by atoms with Crippen molar-refractivity contribution in [1.82, 2.24) is 9.88 Å². The fourth-order valence-corrected chi connectivity index (χ4v) is 3.10. The van der Waals surface area contributed by atoms with Gasteiger partial charge in [-0.1, -0.05) is 12.5 Å². The molecule has 2 aromatic rings. The molecule has 1 heterocycles. The molecule has 19 heavy (non-hydrogen) atoms. The third-order valence-electron chi connectivity index (χ3n) is 4.09. The Morgan fingerprint density at radius 1 is 1.42 bits per heavy atom. The molecule has 0 spiro atoms. The van der Waals surface area contributed by atoms with Gasteiger partial charge in [-0.25, -0.2) is 4.98 Å². The molecule has 1 saturated carbocycles. The lowest BCUT2D eigenvalue weighted by Gasteiger charge is -2.27. The molecular formula is C15H21N3O. The molecule has 1 aliphatic carbocycles. The van der Waals surface area contributed by atoms with Crippen molar-refractivity contribution in [3.8, 4) is 0 Å². The van der Waals surface area contributed by atoms with Gasteiger partial charge in [0, 0.05) is 25.6 Å². The van der Waals surface area contributed by atoms with E-state index in [1.807, 2.05) is 13.0 Å². The van der Waals surface area contributed by atoms with Gasteiger partial charge in [0.2, 0.25) is 0 Å². The first kappa shape index (κ1) is 12.6. The number of hydrogen-bond acceptors (Lipinski definition) is 4. The largest absolute Gasteiger partial charge is 0.441 e. The highest BCUT2D eigenvalue weighted by molar-refractivity contribution is 5.73. The van der Waals surface area contributed by atoms with Gasteiger partial charge in [0.25, 0.3) is 0 Å². The zero-order valence-corrected chi connectivity index (χ0v) is 11.6. The fraction of sp³-hybridized carbons (Fsp3) is 0.533. The second kappa shape index (κ2) is 4.94. The Kier molecular flexibility index (Phi) is 3.29. The summed E-state index contributed by atoms with van der Waals surface area (Å²) in [5.41, 5.74) is 9.22. The summed E-state index contributed by atoms with van der Waals surface area (Å²) in [6, 6.07) is 7.07. The highest BCUT2D eigenvalue weighted by Crippen LogP contribution is 2.24. The summed E-state index contributed by atoms with van der Waals surface area (Å²) in [6.45, 7) is 2.79. The molecule has 102 valence electrons. The van der Waals surface area contributed by atoms with E-state index in [2.05, 4.69) is 29.1 Å². The molecular weight excluding hydrogens is 238 g/mol. The number of oxazole rings is 1. The minimum atomic E-state index is 0.321. The molecule has 2 N–H and O–H groups in total. The van der Waals surface area contributed by atoms with Crippen LogP contribution in [0.1, 0.15) is 30.7 Å². The van der Waals surface area contributed by atoms with Crippen LogP contribution in [0.3, 0.4) is 0 Å². The molecule has 0 aliphatic heterocycles. The van der Waals surface area contributed by atoms with Crippen molar-refractivity contribution in [3.63, 3.8) is 0 Å². The second-order valence-corrected chi connectivity index (χ2v) is 5.61. The Morgan fingerprint density at radius 2 is 2.26 bits per heavy atom. The first-order chi connectivity index (χ1) is 9.13. The standard InChI is InChI=1S/C15H21N3O/c1-10-17-13-7-6-11(8-15(13)19-10)9-18(2)14-5-3-4-12(14)16/h6-8,12,14H,3-5,9,16H2,1-2H3. The average molecular weight is 259 g/mol. The van der Waals surface area contributed by atoms with Crippen molar-refractivity contribution in [2.75, 3.05) is 7.05 Å². The first-order valence-electron chi connectivity index (χ1n) is 6.95. The molecule has 1 fully saturated rings. The fourth-order valence-electron chi connectivity index (χ4n) is 3.10. The number of nitrogens with two attached hydrogens (primary N) is 1. The smallest absolute Gasteiger partial charge is 0.192 e. The Morgan fingerprint density at radius 3 is 3.00 bits per heavy atom. The number of hydrogen-bond donors (Lipinski definition) is 1. The third kappa shape index (κ3) is 2.51. The summed E-state index contributed by atoms with van der Waals surface area (Å²) in [5.74, 6) is 0.721. The summed E-state index contributed by atoms with van der Waals surface area (Å²) in [7, 11) is 2.16. The molecule has 1 aromatic carbocycles. The van der Waals surface area contributed by atoms with Crippen molar-refractivity contribution in [2.24, 2.45) is 5.73 Å². The van der Waals surface area contributed by atoms with Gasteiger partial charge < -0.3 is 10.2 Å². The van der Waals surface area contributed by atoms with Crippen LogP contribution in [0.4, 0.5) is 0 Å². The molecule has 2 unspecified atom stereocenters. The van der Waals surface area contributed by atoms with Crippen LogP contribution in [0.2, 0.25) is 0 Å². The van der Waals surface area contributed by atoms with Crippen LogP contribution in [0, 0.1) is 6.92 Å². The lowest BCUT2D eigenvalue weighted by molar-refractivity contribution is 0.220. The van der Waals surface area contributed by atoms with E-state index < -0.39 is 0 Å². The number of likely N-dealkylation sites (N-methyl/N-ethyl adjacent to an activating group) is 1. The van der Waals surface area contributed by atoms with Crippen molar-refractivity contribution < 1.29 is 4.42 Å². The van der Waals surface area contributed by atoms with Gasteiger partial charge in [-0.15, -0.1) is 0 Å². The molecule has 4 nitrogen and oxygen atoms in total. The van der Waals surface area contributed by atoms with E-state index in [9.17, 15) is 0 Å². The van der Waals surface area contributed by atoms with Crippen molar-refractivity contribution in [2.45, 2.75) is 44.8 Å². The molecule has 1 aromatic heterocycles. The van der Waals surface area contributed by atoms with E-state index in [0.29, 0.717) is 12.1 Å². The normalized spacial score (nSPS) is 23.6. The lowest BCUT2D eigenvalue weighted by Crippen LogP contribution is -2.41. The van der Waals surface area contributed by atoms with E-state index in [0.717, 1.165) is 30.0 Å². The molecule has 1 aliphatic rings. The zero-order valence-electron chi connectivity index (χ0n) is 11.6. The van der Waals surface area contributed by atoms with Crippen LogP contribution in [0.15, 0.2) is 22.6 Å². The molecule has 0 radical (unpaired) electrons. The molecule has 0 saturated heterocycles. The molecule has 4 heteroatoms. The zero-order chi connectivity index (χ0) is 13.4. The Bertz CT molecular complexity index is 578. The van der Waals surface area contributed by atoms with E-state index in [1.54, 1.807) is 0 Å². The maximum atomic E-state index is 6.16. The number of aromatic nitrogens is 1. The highest BCUT2D eigenvalue weighted by atomic mass is 16.3. The van der Waals surface area contributed by atoms with Crippen molar-refractivity contribution in [3.05, 3.63) is 29.7 Å². The van der Waals surface area contributed by atoms with E-state index in [4.69, 9.17) is 10.2 Å². The summed E-state index contributed by atoms with van der Waals surface area (Å²) in [4.78, 5) is 6.69. The minimum absolute atomic E-state index is 0.321. The second-order valence-electron chi connectivity index (χ2n) is 5.61. The van der Waals surface area contributed by atoms with Crippen LogP contribution >= 0.6 is 0 Å².